The molecule has 0 N–H and O–H groups in total. The van der Waals surface area contributed by atoms with Crippen LogP contribution in [0.25, 0.3) is 11.0 Å². The fourth-order valence-corrected chi connectivity index (χ4v) is 1.85. The first kappa shape index (κ1) is 12.1. The van der Waals surface area contributed by atoms with Crippen LogP contribution < -0.4 is 0 Å². The number of hydrogen-bond acceptors (Lipinski definition) is 3. The quantitative estimate of drug-likeness (QED) is 0.793. The van der Waals surface area contributed by atoms with Crippen LogP contribution in [-0.4, -0.2) is 32.2 Å². The summed E-state index contributed by atoms with van der Waals surface area (Å²) >= 11 is 0. The van der Waals surface area contributed by atoms with Crippen molar-refractivity contribution in [3.05, 3.63) is 36.1 Å². The molecule has 1 aromatic heterocycles. The summed E-state index contributed by atoms with van der Waals surface area (Å²) in [6.07, 6.45) is 0. The van der Waals surface area contributed by atoms with E-state index in [2.05, 4.69) is 31.0 Å². The molecule has 0 radical (unpaired) electrons. The summed E-state index contributed by atoms with van der Waals surface area (Å²) in [5.41, 5.74) is 0.953. The molecule has 1 heterocycles. The van der Waals surface area contributed by atoms with Crippen LogP contribution in [0.1, 0.15) is 18.7 Å². The molecule has 0 aliphatic carbocycles. The molecule has 0 fully saturated rings. The molecule has 0 amide bonds. The summed E-state index contributed by atoms with van der Waals surface area (Å²) in [6.45, 7) is 3.78. The van der Waals surface area contributed by atoms with Gasteiger partial charge in [-0.2, -0.15) is 0 Å². The smallest absolute Gasteiger partial charge is 0.134 e. The molecule has 0 spiro atoms. The van der Waals surface area contributed by atoms with Gasteiger partial charge in [-0.25, -0.2) is 0 Å². The van der Waals surface area contributed by atoms with E-state index in [1.165, 1.54) is 0 Å². The van der Waals surface area contributed by atoms with Gasteiger partial charge in [-0.1, -0.05) is 18.2 Å². The minimum absolute atomic E-state index is 0.262. The molecule has 1 atom stereocenters. The van der Waals surface area contributed by atoms with Crippen LogP contribution in [0.4, 0.5) is 0 Å². The van der Waals surface area contributed by atoms with E-state index in [0.717, 1.165) is 29.9 Å². The van der Waals surface area contributed by atoms with Gasteiger partial charge in [0.25, 0.3) is 0 Å². The Balaban J connectivity index is 2.15. The number of fused-ring (bicyclic) bond motifs is 1. The number of nitrogens with zero attached hydrogens (tertiary/aromatic N) is 1. The highest BCUT2D eigenvalue weighted by molar-refractivity contribution is 5.77. The summed E-state index contributed by atoms with van der Waals surface area (Å²) in [6, 6.07) is 10.5. The van der Waals surface area contributed by atoms with Gasteiger partial charge in [0.2, 0.25) is 0 Å². The Morgan fingerprint density at radius 1 is 1.35 bits per heavy atom. The van der Waals surface area contributed by atoms with Crippen molar-refractivity contribution in [1.82, 2.24) is 4.90 Å². The van der Waals surface area contributed by atoms with Gasteiger partial charge in [0.05, 0.1) is 12.6 Å². The molecule has 0 aliphatic heterocycles. The van der Waals surface area contributed by atoms with Gasteiger partial charge in [0, 0.05) is 19.0 Å². The average Bonchev–Trinajstić information content (AvgIpc) is 2.78. The number of ether oxygens (including phenoxy) is 1. The molecule has 0 aliphatic rings. The van der Waals surface area contributed by atoms with Gasteiger partial charge in [0.1, 0.15) is 11.3 Å². The number of hydrogen-bond donors (Lipinski definition) is 0. The minimum atomic E-state index is 0.262. The Kier molecular flexibility index (Phi) is 3.82. The van der Waals surface area contributed by atoms with Gasteiger partial charge in [0.15, 0.2) is 0 Å². The lowest BCUT2D eigenvalue weighted by Crippen LogP contribution is -2.25. The van der Waals surface area contributed by atoms with E-state index in [1.807, 2.05) is 18.2 Å². The van der Waals surface area contributed by atoms with E-state index >= 15 is 0 Å². The maximum absolute atomic E-state index is 5.85. The third kappa shape index (κ3) is 2.68. The number of methoxy groups -OCH3 is 1. The van der Waals surface area contributed by atoms with E-state index in [9.17, 15) is 0 Å². The first-order chi connectivity index (χ1) is 8.22. The Bertz CT molecular complexity index is 445. The molecular formula is C14H19NO2. The van der Waals surface area contributed by atoms with Crippen LogP contribution in [0.3, 0.4) is 0 Å². The summed E-state index contributed by atoms with van der Waals surface area (Å²) in [4.78, 5) is 2.22. The predicted octanol–water partition coefficient (Wildman–Crippen LogP) is 3.07. The largest absolute Gasteiger partial charge is 0.459 e. The average molecular weight is 233 g/mol. The summed E-state index contributed by atoms with van der Waals surface area (Å²) in [7, 11) is 3.80. The predicted molar refractivity (Wildman–Crippen MR) is 69.1 cm³/mol. The van der Waals surface area contributed by atoms with Gasteiger partial charge in [-0.15, -0.1) is 0 Å². The lowest BCUT2D eigenvalue weighted by Gasteiger charge is -2.22. The number of likely N-dealkylation sites (N-methyl/N-ethyl adjacent to an activating group) is 1. The van der Waals surface area contributed by atoms with Crippen LogP contribution in [0.15, 0.2) is 34.7 Å². The normalized spacial score (nSPS) is 13.4. The van der Waals surface area contributed by atoms with Crippen LogP contribution in [0, 0.1) is 0 Å². The van der Waals surface area contributed by atoms with E-state index in [0.29, 0.717) is 0 Å². The Labute approximate surface area is 102 Å². The highest BCUT2D eigenvalue weighted by Crippen LogP contribution is 2.26. The maximum Gasteiger partial charge on any atom is 0.134 e. The standard InChI is InChI=1S/C14H19NO2/c1-11(15(2)8-9-16-3)14-10-12-6-4-5-7-13(12)17-14/h4-7,10-11H,8-9H2,1-3H3. The van der Waals surface area contributed by atoms with Crippen molar-refractivity contribution in [1.29, 1.82) is 0 Å². The number of rotatable bonds is 5. The third-order valence-electron chi connectivity index (χ3n) is 3.17. The summed E-state index contributed by atoms with van der Waals surface area (Å²) in [5.74, 6) is 1.00. The Morgan fingerprint density at radius 3 is 2.82 bits per heavy atom. The summed E-state index contributed by atoms with van der Waals surface area (Å²) < 4.78 is 10.9. The fraction of sp³-hybridized carbons (Fsp3) is 0.429. The second-order valence-electron chi connectivity index (χ2n) is 4.34. The van der Waals surface area contributed by atoms with Gasteiger partial charge >= 0.3 is 0 Å². The second-order valence-corrected chi connectivity index (χ2v) is 4.34. The Hall–Kier alpha value is -1.32. The first-order valence-corrected chi connectivity index (χ1v) is 5.90. The zero-order valence-corrected chi connectivity index (χ0v) is 10.6. The molecule has 3 nitrogen and oxygen atoms in total. The van der Waals surface area contributed by atoms with Crippen molar-refractivity contribution >= 4 is 11.0 Å². The van der Waals surface area contributed by atoms with Crippen molar-refractivity contribution in [2.75, 3.05) is 27.3 Å². The molecule has 0 saturated carbocycles. The van der Waals surface area contributed by atoms with Crippen LogP contribution in [0.2, 0.25) is 0 Å². The summed E-state index contributed by atoms with van der Waals surface area (Å²) in [5, 5.41) is 1.16. The number of furan rings is 1. The second kappa shape index (κ2) is 5.34. The fourth-order valence-electron chi connectivity index (χ4n) is 1.85. The number of benzene rings is 1. The highest BCUT2D eigenvalue weighted by Gasteiger charge is 2.15. The van der Waals surface area contributed by atoms with Crippen LogP contribution >= 0.6 is 0 Å². The molecule has 17 heavy (non-hydrogen) atoms. The number of para-hydroxylation sites is 1. The molecule has 1 unspecified atom stereocenters. The molecule has 0 bridgehead atoms. The minimum Gasteiger partial charge on any atom is -0.459 e. The topological polar surface area (TPSA) is 25.6 Å². The van der Waals surface area contributed by atoms with Crippen molar-refractivity contribution < 1.29 is 9.15 Å². The van der Waals surface area contributed by atoms with Crippen LogP contribution in [-0.2, 0) is 4.74 Å². The van der Waals surface area contributed by atoms with E-state index in [4.69, 9.17) is 9.15 Å². The molecular weight excluding hydrogens is 214 g/mol. The molecule has 2 aromatic rings. The van der Waals surface area contributed by atoms with Gasteiger partial charge in [-0.3, -0.25) is 4.90 Å². The maximum atomic E-state index is 5.85. The van der Waals surface area contributed by atoms with E-state index in [-0.39, 0.29) is 6.04 Å². The Morgan fingerprint density at radius 2 is 2.12 bits per heavy atom. The SMILES string of the molecule is COCCN(C)C(C)c1cc2ccccc2o1. The van der Waals surface area contributed by atoms with Gasteiger partial charge < -0.3 is 9.15 Å². The van der Waals surface area contributed by atoms with Crippen molar-refractivity contribution in [2.45, 2.75) is 13.0 Å². The van der Waals surface area contributed by atoms with Crippen molar-refractivity contribution in [2.24, 2.45) is 0 Å². The van der Waals surface area contributed by atoms with Gasteiger partial charge in [-0.05, 0) is 26.1 Å². The van der Waals surface area contributed by atoms with Crippen LogP contribution in [0.5, 0.6) is 0 Å². The molecule has 3 heteroatoms. The lowest BCUT2D eigenvalue weighted by molar-refractivity contribution is 0.137. The monoisotopic (exact) mass is 233 g/mol. The highest BCUT2D eigenvalue weighted by atomic mass is 16.5. The van der Waals surface area contributed by atoms with E-state index in [1.54, 1.807) is 7.11 Å². The zero-order valence-electron chi connectivity index (χ0n) is 10.6. The van der Waals surface area contributed by atoms with Crippen molar-refractivity contribution in [3.63, 3.8) is 0 Å². The zero-order chi connectivity index (χ0) is 12.3. The molecule has 1 aromatic carbocycles. The first-order valence-electron chi connectivity index (χ1n) is 5.90. The van der Waals surface area contributed by atoms with E-state index < -0.39 is 0 Å². The molecule has 2 rings (SSSR count). The third-order valence-corrected chi connectivity index (χ3v) is 3.17. The molecule has 0 saturated heterocycles. The van der Waals surface area contributed by atoms with Crippen molar-refractivity contribution in [3.8, 4) is 0 Å². The lowest BCUT2D eigenvalue weighted by atomic mass is 10.2. The molecule has 92 valence electrons.